The third-order valence-electron chi connectivity index (χ3n) is 1.85. The van der Waals surface area contributed by atoms with Gasteiger partial charge in [-0.05, 0) is 12.8 Å². The lowest BCUT2D eigenvalue weighted by Crippen LogP contribution is -2.15. The van der Waals surface area contributed by atoms with Crippen molar-refractivity contribution in [1.29, 1.82) is 0 Å². The molecule has 2 nitrogen and oxygen atoms in total. The Bertz CT molecular complexity index is 115. The summed E-state index contributed by atoms with van der Waals surface area (Å²) in [5.74, 6) is -0.277. The van der Waals surface area contributed by atoms with Gasteiger partial charge in [-0.3, -0.25) is 4.79 Å². The van der Waals surface area contributed by atoms with Crippen molar-refractivity contribution in [3.63, 3.8) is 0 Å². The third kappa shape index (κ3) is 4.07. The van der Waals surface area contributed by atoms with E-state index in [4.69, 9.17) is 8.05 Å². The van der Waals surface area contributed by atoms with E-state index in [1.54, 1.807) is 0 Å². The molecule has 0 aromatic heterocycles. The highest BCUT2D eigenvalue weighted by Gasteiger charge is 2.14. The van der Waals surface area contributed by atoms with Crippen LogP contribution in [0.5, 0.6) is 0 Å². The van der Waals surface area contributed by atoms with Crippen LogP contribution in [0.15, 0.2) is 0 Å². The summed E-state index contributed by atoms with van der Waals surface area (Å²) in [6.45, 7) is 4.07. The van der Waals surface area contributed by atoms with Gasteiger partial charge in [0, 0.05) is 0 Å². The molecule has 2 radical (unpaired) electrons. The third-order valence-corrected chi connectivity index (χ3v) is 1.85. The van der Waals surface area contributed by atoms with Crippen molar-refractivity contribution in [1.82, 2.24) is 0 Å². The fraction of sp³-hybridized carbons (Fsp3) is 0.875. The lowest BCUT2D eigenvalue weighted by atomic mass is 9.99. The predicted molar refractivity (Wildman–Crippen MR) is 45.2 cm³/mol. The second kappa shape index (κ2) is 6.26. The van der Waals surface area contributed by atoms with E-state index in [0.717, 1.165) is 25.7 Å². The van der Waals surface area contributed by atoms with Gasteiger partial charge in [0.2, 0.25) is 0 Å². The maximum atomic E-state index is 10.9. The Morgan fingerprint density at radius 3 is 2.55 bits per heavy atom. The molecule has 0 rings (SSSR count). The SMILES string of the molecule is [B]OC(=O)C(CC)CCCC. The summed E-state index contributed by atoms with van der Waals surface area (Å²) < 4.78 is 4.16. The van der Waals surface area contributed by atoms with E-state index >= 15 is 0 Å². The minimum absolute atomic E-state index is 0.0000463. The largest absolute Gasteiger partial charge is 0.543 e. The first-order chi connectivity index (χ1) is 5.26. The van der Waals surface area contributed by atoms with Crippen molar-refractivity contribution in [2.24, 2.45) is 5.92 Å². The fourth-order valence-electron chi connectivity index (χ4n) is 1.04. The zero-order valence-electron chi connectivity index (χ0n) is 7.30. The molecule has 0 bridgehead atoms. The molecular formula is C8H15BO2. The lowest BCUT2D eigenvalue weighted by molar-refractivity contribution is -0.138. The number of hydrogen-bond donors (Lipinski definition) is 0. The minimum atomic E-state index is -0.277. The first-order valence-electron chi connectivity index (χ1n) is 4.16. The molecule has 0 aromatic carbocycles. The molecule has 11 heavy (non-hydrogen) atoms. The Morgan fingerprint density at radius 1 is 1.55 bits per heavy atom. The number of carbonyl (C=O) groups excluding carboxylic acids is 1. The molecule has 0 saturated heterocycles. The summed E-state index contributed by atoms with van der Waals surface area (Å²) in [6.07, 6.45) is 3.88. The highest BCUT2D eigenvalue weighted by atomic mass is 16.5. The molecule has 1 unspecified atom stereocenters. The van der Waals surface area contributed by atoms with Gasteiger partial charge in [0.05, 0.1) is 5.92 Å². The number of carbonyl (C=O) groups is 1. The molecule has 62 valence electrons. The molecule has 0 aliphatic carbocycles. The Morgan fingerprint density at radius 2 is 2.18 bits per heavy atom. The summed E-state index contributed by atoms with van der Waals surface area (Å²) >= 11 is 0. The van der Waals surface area contributed by atoms with Crippen LogP contribution in [0, 0.1) is 5.92 Å². The molecule has 0 heterocycles. The highest BCUT2D eigenvalue weighted by Crippen LogP contribution is 2.13. The topological polar surface area (TPSA) is 26.3 Å². The molecule has 0 spiro atoms. The van der Waals surface area contributed by atoms with Crippen molar-refractivity contribution < 1.29 is 9.45 Å². The summed E-state index contributed by atoms with van der Waals surface area (Å²) in [4.78, 5) is 10.9. The van der Waals surface area contributed by atoms with E-state index in [9.17, 15) is 4.79 Å². The quantitative estimate of drug-likeness (QED) is 0.564. The standard InChI is InChI=1S/C8H15BO2/c1-3-5-6-7(4-2)8(10)11-9/h7H,3-6H2,1-2H3. The molecule has 1 atom stereocenters. The van der Waals surface area contributed by atoms with Gasteiger partial charge in [-0.1, -0.05) is 26.7 Å². The fourth-order valence-corrected chi connectivity index (χ4v) is 1.04. The number of unbranched alkanes of at least 4 members (excludes halogenated alkanes) is 1. The first kappa shape index (κ1) is 10.5. The Kier molecular flexibility index (Phi) is 5.99. The van der Waals surface area contributed by atoms with Crippen molar-refractivity contribution in [2.75, 3.05) is 0 Å². The average molecular weight is 154 g/mol. The van der Waals surface area contributed by atoms with Crippen LogP contribution in [-0.4, -0.2) is 14.0 Å². The van der Waals surface area contributed by atoms with E-state index in [1.165, 1.54) is 0 Å². The molecular weight excluding hydrogens is 139 g/mol. The Hall–Kier alpha value is -0.465. The predicted octanol–water partition coefficient (Wildman–Crippen LogP) is 1.83. The molecule has 0 aliphatic rings. The maximum absolute atomic E-state index is 10.9. The normalized spacial score (nSPS) is 12.5. The van der Waals surface area contributed by atoms with Gasteiger partial charge in [0.25, 0.3) is 5.97 Å². The monoisotopic (exact) mass is 154 g/mol. The van der Waals surface area contributed by atoms with Crippen molar-refractivity contribution in [3.8, 4) is 0 Å². The summed E-state index contributed by atoms with van der Waals surface area (Å²) in [6, 6.07) is 0. The van der Waals surface area contributed by atoms with Crippen LogP contribution in [-0.2, 0) is 9.45 Å². The summed E-state index contributed by atoms with van der Waals surface area (Å²) in [5.41, 5.74) is 0. The van der Waals surface area contributed by atoms with E-state index in [0.29, 0.717) is 0 Å². The van der Waals surface area contributed by atoms with Crippen LogP contribution in [0.4, 0.5) is 0 Å². The zero-order chi connectivity index (χ0) is 8.69. The van der Waals surface area contributed by atoms with Gasteiger partial charge >= 0.3 is 8.05 Å². The van der Waals surface area contributed by atoms with Crippen LogP contribution < -0.4 is 0 Å². The molecule has 3 heteroatoms. The smallest absolute Gasteiger partial charge is 0.378 e. The summed E-state index contributed by atoms with van der Waals surface area (Å²) in [5, 5.41) is 0. The highest BCUT2D eigenvalue weighted by molar-refractivity contribution is 6.05. The van der Waals surface area contributed by atoms with Crippen molar-refractivity contribution in [2.45, 2.75) is 39.5 Å². The molecule has 0 saturated carbocycles. The van der Waals surface area contributed by atoms with E-state index < -0.39 is 0 Å². The van der Waals surface area contributed by atoms with E-state index in [1.807, 2.05) is 6.92 Å². The van der Waals surface area contributed by atoms with Crippen LogP contribution in [0.3, 0.4) is 0 Å². The second-order valence-corrected chi connectivity index (χ2v) is 2.68. The molecule has 0 aromatic rings. The molecule has 0 N–H and O–H groups in total. The molecule has 0 aliphatic heterocycles. The van der Waals surface area contributed by atoms with Gasteiger partial charge < -0.3 is 4.65 Å². The lowest BCUT2D eigenvalue weighted by Gasteiger charge is -2.11. The van der Waals surface area contributed by atoms with Crippen molar-refractivity contribution in [3.05, 3.63) is 0 Å². The Labute approximate surface area is 69.8 Å². The summed E-state index contributed by atoms with van der Waals surface area (Å²) in [7, 11) is 4.77. The van der Waals surface area contributed by atoms with Crippen LogP contribution >= 0.6 is 0 Å². The van der Waals surface area contributed by atoms with Gasteiger partial charge in [-0.25, -0.2) is 0 Å². The average Bonchev–Trinajstić information content (AvgIpc) is 2.05. The van der Waals surface area contributed by atoms with Gasteiger partial charge in [-0.15, -0.1) is 0 Å². The molecule has 0 fully saturated rings. The van der Waals surface area contributed by atoms with E-state index in [2.05, 4.69) is 11.6 Å². The van der Waals surface area contributed by atoms with Gasteiger partial charge in [-0.2, -0.15) is 0 Å². The Balaban J connectivity index is 3.65. The maximum Gasteiger partial charge on any atom is 0.378 e. The minimum Gasteiger partial charge on any atom is -0.543 e. The second-order valence-electron chi connectivity index (χ2n) is 2.68. The van der Waals surface area contributed by atoms with Crippen LogP contribution in [0.1, 0.15) is 39.5 Å². The number of rotatable bonds is 5. The van der Waals surface area contributed by atoms with Gasteiger partial charge in [0.15, 0.2) is 0 Å². The first-order valence-corrected chi connectivity index (χ1v) is 4.16. The van der Waals surface area contributed by atoms with Crippen LogP contribution in [0.25, 0.3) is 0 Å². The molecule has 0 amide bonds. The van der Waals surface area contributed by atoms with E-state index in [-0.39, 0.29) is 11.9 Å². The zero-order valence-corrected chi connectivity index (χ0v) is 7.30. The number of hydrogen-bond acceptors (Lipinski definition) is 2. The van der Waals surface area contributed by atoms with Crippen molar-refractivity contribution >= 4 is 14.0 Å². The van der Waals surface area contributed by atoms with Gasteiger partial charge in [0.1, 0.15) is 0 Å². The van der Waals surface area contributed by atoms with Crippen LogP contribution in [0.2, 0.25) is 0 Å².